The molecule has 0 aromatic carbocycles. The van der Waals surface area contributed by atoms with Gasteiger partial charge in [0.2, 0.25) is 0 Å². The summed E-state index contributed by atoms with van der Waals surface area (Å²) >= 11 is 0. The number of nitrogens with zero attached hydrogens (tertiary/aromatic N) is 1. The number of nitrogens with two attached hydrogens (primary N) is 2. The molecule has 0 saturated heterocycles. The summed E-state index contributed by atoms with van der Waals surface area (Å²) in [4.78, 5) is 3.93. The summed E-state index contributed by atoms with van der Waals surface area (Å²) in [5.74, 6) is -0.831. The highest BCUT2D eigenvalue weighted by Crippen LogP contribution is 2.09. The molecule has 0 saturated carbocycles. The van der Waals surface area contributed by atoms with E-state index in [2.05, 4.69) is 10.3 Å². The van der Waals surface area contributed by atoms with Gasteiger partial charge in [-0.15, -0.1) is 0 Å². The van der Waals surface area contributed by atoms with Crippen LogP contribution >= 0.6 is 0 Å². The zero-order valence-corrected chi connectivity index (χ0v) is 8.71. The van der Waals surface area contributed by atoms with E-state index in [4.69, 9.17) is 11.5 Å². The van der Waals surface area contributed by atoms with Crippen molar-refractivity contribution in [2.75, 3.05) is 12.0 Å². The third kappa shape index (κ3) is 3.35. The molecular formula is C7H14N4O2S. The SMILES string of the molecule is CS(=O)(=O)CCC1(N)N=C(N)C=CN1. The van der Waals surface area contributed by atoms with Crippen LogP contribution in [0.2, 0.25) is 0 Å². The van der Waals surface area contributed by atoms with Crippen molar-refractivity contribution >= 4 is 15.7 Å². The van der Waals surface area contributed by atoms with Crippen molar-refractivity contribution in [3.63, 3.8) is 0 Å². The molecule has 1 aliphatic rings. The third-order valence-corrected chi connectivity index (χ3v) is 2.72. The van der Waals surface area contributed by atoms with Crippen LogP contribution < -0.4 is 16.8 Å². The lowest BCUT2D eigenvalue weighted by atomic mass is 10.2. The summed E-state index contributed by atoms with van der Waals surface area (Å²) in [6, 6.07) is 0. The summed E-state index contributed by atoms with van der Waals surface area (Å²) in [5.41, 5.74) is 11.2. The molecule has 0 fully saturated rings. The molecule has 0 spiro atoms. The second kappa shape index (κ2) is 3.58. The first-order chi connectivity index (χ1) is 6.31. The van der Waals surface area contributed by atoms with Gasteiger partial charge in [-0.3, -0.25) is 5.73 Å². The predicted octanol–water partition coefficient (Wildman–Crippen LogP) is -1.49. The van der Waals surface area contributed by atoms with Crippen LogP contribution in [0.5, 0.6) is 0 Å². The van der Waals surface area contributed by atoms with Gasteiger partial charge in [-0.25, -0.2) is 13.4 Å². The van der Waals surface area contributed by atoms with Crippen LogP contribution in [0.3, 0.4) is 0 Å². The number of hydrogen-bond donors (Lipinski definition) is 3. The van der Waals surface area contributed by atoms with Gasteiger partial charge >= 0.3 is 0 Å². The van der Waals surface area contributed by atoms with Crippen LogP contribution in [0, 0.1) is 0 Å². The average Bonchev–Trinajstić information content (AvgIpc) is 1.99. The quantitative estimate of drug-likeness (QED) is 0.534. The second-order valence-electron chi connectivity index (χ2n) is 3.32. The zero-order chi connectivity index (χ0) is 10.8. The van der Waals surface area contributed by atoms with Gasteiger partial charge in [0.15, 0.2) is 5.79 Å². The van der Waals surface area contributed by atoms with Crippen LogP contribution in [0.4, 0.5) is 0 Å². The molecule has 1 unspecified atom stereocenters. The van der Waals surface area contributed by atoms with Gasteiger partial charge in [-0.1, -0.05) is 0 Å². The fraction of sp³-hybridized carbons (Fsp3) is 0.571. The fourth-order valence-electron chi connectivity index (χ4n) is 1.04. The maximum atomic E-state index is 10.9. The largest absolute Gasteiger partial charge is 0.384 e. The minimum absolute atomic E-state index is 0.0267. The van der Waals surface area contributed by atoms with Crippen LogP contribution in [-0.4, -0.2) is 32.0 Å². The molecule has 14 heavy (non-hydrogen) atoms. The second-order valence-corrected chi connectivity index (χ2v) is 5.58. The van der Waals surface area contributed by atoms with E-state index in [0.29, 0.717) is 5.84 Å². The summed E-state index contributed by atoms with van der Waals surface area (Å²) in [6.45, 7) is 0. The lowest BCUT2D eigenvalue weighted by molar-refractivity contribution is 0.379. The van der Waals surface area contributed by atoms with Crippen molar-refractivity contribution in [1.82, 2.24) is 5.32 Å². The van der Waals surface area contributed by atoms with Gasteiger partial charge in [-0.2, -0.15) is 0 Å². The maximum Gasteiger partial charge on any atom is 0.185 e. The number of nitrogens with one attached hydrogen (secondary N) is 1. The Morgan fingerprint density at radius 3 is 2.79 bits per heavy atom. The smallest absolute Gasteiger partial charge is 0.185 e. The molecule has 0 bridgehead atoms. The Kier molecular flexibility index (Phi) is 2.81. The van der Waals surface area contributed by atoms with Gasteiger partial charge in [-0.05, 0) is 6.08 Å². The Balaban J connectivity index is 2.65. The molecule has 5 N–H and O–H groups in total. The highest BCUT2D eigenvalue weighted by Gasteiger charge is 2.25. The summed E-state index contributed by atoms with van der Waals surface area (Å²) in [6.07, 6.45) is 4.47. The van der Waals surface area contributed by atoms with Crippen LogP contribution in [0.1, 0.15) is 6.42 Å². The Labute approximate surface area is 83.0 Å². The Bertz CT molecular complexity index is 373. The third-order valence-electron chi connectivity index (χ3n) is 1.77. The topological polar surface area (TPSA) is 111 Å². The van der Waals surface area contributed by atoms with Crippen molar-refractivity contribution in [2.45, 2.75) is 12.2 Å². The molecule has 0 aromatic rings. The van der Waals surface area contributed by atoms with Gasteiger partial charge in [0.05, 0.1) is 5.75 Å². The predicted molar refractivity (Wildman–Crippen MR) is 55.1 cm³/mol. The van der Waals surface area contributed by atoms with Crippen LogP contribution in [0.15, 0.2) is 17.3 Å². The maximum absolute atomic E-state index is 10.9. The number of aliphatic imine (C=N–C) groups is 1. The molecule has 1 aliphatic heterocycles. The first-order valence-corrected chi connectivity index (χ1v) is 6.13. The average molecular weight is 218 g/mol. The van der Waals surface area contributed by atoms with E-state index >= 15 is 0 Å². The standard InChI is InChI=1S/C7H14N4O2S/c1-14(12,13)5-3-7(9)10-4-2-6(8)11-7/h2,4,10H,3,5,9H2,1H3,(H2,8,11). The molecular weight excluding hydrogens is 204 g/mol. The number of amidine groups is 1. The van der Waals surface area contributed by atoms with Crippen molar-refractivity contribution < 1.29 is 8.42 Å². The molecule has 0 aliphatic carbocycles. The van der Waals surface area contributed by atoms with E-state index in [1.165, 1.54) is 0 Å². The Hall–Kier alpha value is -1.08. The molecule has 80 valence electrons. The highest BCUT2D eigenvalue weighted by molar-refractivity contribution is 7.90. The van der Waals surface area contributed by atoms with Gasteiger partial charge in [0.25, 0.3) is 0 Å². The highest BCUT2D eigenvalue weighted by atomic mass is 32.2. The number of sulfone groups is 1. The first kappa shape index (κ1) is 11.0. The van der Waals surface area contributed by atoms with E-state index < -0.39 is 15.6 Å². The van der Waals surface area contributed by atoms with E-state index in [1.54, 1.807) is 12.3 Å². The van der Waals surface area contributed by atoms with Crippen molar-refractivity contribution in [3.05, 3.63) is 12.3 Å². The lowest BCUT2D eigenvalue weighted by Crippen LogP contribution is -2.53. The zero-order valence-electron chi connectivity index (χ0n) is 7.90. The first-order valence-electron chi connectivity index (χ1n) is 4.07. The van der Waals surface area contributed by atoms with E-state index in [1.807, 2.05) is 0 Å². The van der Waals surface area contributed by atoms with E-state index in [0.717, 1.165) is 6.26 Å². The summed E-state index contributed by atoms with van der Waals surface area (Å²) in [5, 5.41) is 2.76. The Morgan fingerprint density at radius 2 is 2.29 bits per heavy atom. The van der Waals surface area contributed by atoms with Crippen LogP contribution in [-0.2, 0) is 9.84 Å². The molecule has 7 heteroatoms. The van der Waals surface area contributed by atoms with Crippen molar-refractivity contribution in [3.8, 4) is 0 Å². The summed E-state index contributed by atoms with van der Waals surface area (Å²) in [7, 11) is -3.03. The van der Waals surface area contributed by atoms with E-state index in [9.17, 15) is 8.42 Å². The van der Waals surface area contributed by atoms with Gasteiger partial charge in [0, 0.05) is 18.9 Å². The molecule has 0 amide bonds. The van der Waals surface area contributed by atoms with Crippen LogP contribution in [0.25, 0.3) is 0 Å². The van der Waals surface area contributed by atoms with Crippen molar-refractivity contribution in [1.29, 1.82) is 0 Å². The Morgan fingerprint density at radius 1 is 1.64 bits per heavy atom. The molecule has 1 rings (SSSR count). The normalized spacial score (nSPS) is 26.9. The minimum Gasteiger partial charge on any atom is -0.384 e. The van der Waals surface area contributed by atoms with Gasteiger partial charge in [0.1, 0.15) is 15.7 Å². The molecule has 0 aromatic heterocycles. The molecule has 1 atom stereocenters. The monoisotopic (exact) mass is 218 g/mol. The number of rotatable bonds is 3. The van der Waals surface area contributed by atoms with E-state index in [-0.39, 0.29) is 12.2 Å². The minimum atomic E-state index is -3.03. The molecule has 0 radical (unpaired) electrons. The molecule has 1 heterocycles. The number of hydrogen-bond acceptors (Lipinski definition) is 6. The van der Waals surface area contributed by atoms with Gasteiger partial charge < -0.3 is 11.1 Å². The van der Waals surface area contributed by atoms with Crippen molar-refractivity contribution in [2.24, 2.45) is 16.5 Å². The molecule has 6 nitrogen and oxygen atoms in total. The fourth-order valence-corrected chi connectivity index (χ4v) is 1.72. The summed E-state index contributed by atoms with van der Waals surface area (Å²) < 4.78 is 21.8. The lowest BCUT2D eigenvalue weighted by Gasteiger charge is -2.27.